The van der Waals surface area contributed by atoms with Crippen molar-refractivity contribution < 1.29 is 0 Å². The highest BCUT2D eigenvalue weighted by Gasteiger charge is 1.47. The molecule has 22 valence electrons. The Morgan fingerprint density at radius 1 is 2.00 bits per heavy atom. The molecule has 0 amide bonds. The molecule has 0 aliphatic heterocycles. The van der Waals surface area contributed by atoms with Gasteiger partial charge in [0.1, 0.15) is 15.9 Å². The van der Waals surface area contributed by atoms with Gasteiger partial charge in [0.2, 0.25) is 0 Å². The van der Waals surface area contributed by atoms with Crippen molar-refractivity contribution in [2.75, 3.05) is 0 Å². The molecule has 0 saturated carbocycles. The van der Waals surface area contributed by atoms with Crippen LogP contribution in [0.25, 0.3) is 5.01 Å². The molecule has 0 aromatic rings. The van der Waals surface area contributed by atoms with Crippen molar-refractivity contribution >= 4 is 15.9 Å². The van der Waals surface area contributed by atoms with Gasteiger partial charge in [-0.25, -0.2) is 0 Å². The molecular formula is CBrNO. The molecule has 0 N–H and O–H groups in total. The van der Waals surface area contributed by atoms with Crippen LogP contribution in [0.1, 0.15) is 0 Å². The first kappa shape index (κ1) is 3.77. The highest BCUT2D eigenvalue weighted by atomic mass is 79.9. The average molecular weight is 122 g/mol. The molecule has 0 heterocycles. The molecule has 0 rings (SSSR count). The predicted molar refractivity (Wildman–Crippen MR) is 19.5 cm³/mol. The van der Waals surface area contributed by atoms with E-state index in [1.165, 1.54) is 0 Å². The summed E-state index contributed by atoms with van der Waals surface area (Å²) in [5.74, 6) is 0. The molecule has 2 nitrogen and oxygen atoms in total. The zero-order valence-electron chi connectivity index (χ0n) is 1.73. The Morgan fingerprint density at radius 3 is 2.25 bits per heavy atom. The van der Waals surface area contributed by atoms with E-state index in [-0.39, 0.29) is 0 Å². The maximum Gasteiger partial charge on any atom is 0.379 e. The zero-order valence-corrected chi connectivity index (χ0v) is 3.32. The summed E-state index contributed by atoms with van der Waals surface area (Å²) in [4.78, 5) is 1.81. The summed E-state index contributed by atoms with van der Waals surface area (Å²) in [5, 5.41) is 10.9. The van der Waals surface area contributed by atoms with E-state index in [1.807, 2.05) is 4.98 Å². The summed E-state index contributed by atoms with van der Waals surface area (Å²) in [6, 6.07) is 0. The molecule has 0 aliphatic carbocycles. The number of hydrogen-bond donors (Lipinski definition) is 0. The van der Waals surface area contributed by atoms with Crippen molar-refractivity contribution in [3.63, 3.8) is 0 Å². The lowest BCUT2D eigenvalue weighted by Gasteiger charge is -1.40. The Kier molecular flexibility index (Phi) is 2.61. The molecule has 0 aromatic heterocycles. The fourth-order valence-corrected chi connectivity index (χ4v) is 0. The molecule has 4 heavy (non-hydrogen) atoms. The molecular weight excluding hydrogens is 122 g/mol. The molecule has 0 bridgehead atoms. The molecule has 3 heteroatoms. The van der Waals surface area contributed by atoms with Crippen LogP contribution in [0.2, 0.25) is 0 Å². The number of hydrogen-bond acceptors (Lipinski definition) is 1. The third-order valence-electron chi connectivity index (χ3n) is 0.0345. The van der Waals surface area contributed by atoms with E-state index in [2.05, 4.69) is 20.9 Å². The van der Waals surface area contributed by atoms with Gasteiger partial charge in [0.05, 0.1) is 0 Å². The third-order valence-corrected chi connectivity index (χ3v) is 0.179. The summed E-state index contributed by atoms with van der Waals surface area (Å²) in [5.41, 5.74) is 0. The summed E-state index contributed by atoms with van der Waals surface area (Å²) in [6.45, 7) is 0. The van der Waals surface area contributed by atoms with E-state index in [0.29, 0.717) is 0 Å². The van der Waals surface area contributed by atoms with Gasteiger partial charge in [-0.3, -0.25) is 0 Å². The third kappa shape index (κ3) is 1.77. The monoisotopic (exact) mass is 121 g/mol. The summed E-state index contributed by atoms with van der Waals surface area (Å²) in [6.07, 6.45) is 0. The van der Waals surface area contributed by atoms with Gasteiger partial charge in [0, 0.05) is 5.01 Å². The van der Waals surface area contributed by atoms with Gasteiger partial charge in [-0.1, -0.05) is 0 Å². The second-order valence-corrected chi connectivity index (χ2v) is 0.530. The zero-order chi connectivity index (χ0) is 3.41. The Labute approximate surface area is 32.0 Å². The van der Waals surface area contributed by atoms with Crippen LogP contribution in [-0.2, 0) is 0 Å². The largest absolute Gasteiger partial charge is 0.498 e. The van der Waals surface area contributed by atoms with Crippen LogP contribution in [0.15, 0.2) is 0 Å². The van der Waals surface area contributed by atoms with E-state index in [9.17, 15) is 0 Å². The van der Waals surface area contributed by atoms with Crippen molar-refractivity contribution in [3.8, 4) is 4.98 Å². The van der Waals surface area contributed by atoms with E-state index in [0.717, 1.165) is 0 Å². The first-order chi connectivity index (χ1) is 1.91. The van der Waals surface area contributed by atoms with Crippen LogP contribution in [0, 0.1) is 10.2 Å². The van der Waals surface area contributed by atoms with Crippen molar-refractivity contribution in [2.24, 2.45) is 0 Å². The molecule has 0 aromatic carbocycles. The fourth-order valence-electron chi connectivity index (χ4n) is 0. The SMILES string of the molecule is [O-][N+]#CBr. The molecule has 0 fully saturated rings. The minimum absolute atomic E-state index is 1.81. The van der Waals surface area contributed by atoms with Gasteiger partial charge in [0.25, 0.3) is 0 Å². The Morgan fingerprint density at radius 2 is 2.25 bits per heavy atom. The number of halogens is 1. The highest BCUT2D eigenvalue weighted by Crippen LogP contribution is 1.66. The first-order valence-electron chi connectivity index (χ1n) is 0.595. The average Bonchev–Trinajstić information content (AvgIpc) is 1.37. The van der Waals surface area contributed by atoms with E-state index in [4.69, 9.17) is 5.21 Å². The predicted octanol–water partition coefficient (Wildman–Crippen LogP) is 1.17. The van der Waals surface area contributed by atoms with Crippen molar-refractivity contribution in [1.82, 2.24) is 0 Å². The van der Waals surface area contributed by atoms with Gasteiger partial charge >= 0.3 is 4.98 Å². The van der Waals surface area contributed by atoms with Crippen LogP contribution < -0.4 is 0 Å². The minimum atomic E-state index is 1.81. The number of nitrogens with zero attached hydrogens (tertiary/aromatic N) is 1. The minimum Gasteiger partial charge on any atom is -0.498 e. The fraction of sp³-hybridized carbons (Fsp3) is 0. The summed E-state index contributed by atoms with van der Waals surface area (Å²) < 4.78 is 0. The van der Waals surface area contributed by atoms with Crippen molar-refractivity contribution in [1.29, 1.82) is 0 Å². The highest BCUT2D eigenvalue weighted by molar-refractivity contribution is 9.12. The summed E-state index contributed by atoms with van der Waals surface area (Å²) >= 11 is 2.52. The molecule has 0 aliphatic rings. The quantitative estimate of drug-likeness (QED) is 0.443. The second-order valence-electron chi connectivity index (χ2n) is 0.176. The Bertz CT molecular complexity index is 44.8. The smallest absolute Gasteiger partial charge is 0.379 e. The van der Waals surface area contributed by atoms with Gasteiger partial charge in [-0.05, 0) is 0 Å². The van der Waals surface area contributed by atoms with Crippen molar-refractivity contribution in [3.05, 3.63) is 10.2 Å². The topological polar surface area (TPSA) is 27.4 Å². The maximum absolute atomic E-state index is 8.77. The van der Waals surface area contributed by atoms with Gasteiger partial charge < -0.3 is 5.21 Å². The lowest BCUT2D eigenvalue weighted by atomic mass is 11.8. The lowest BCUT2D eigenvalue weighted by molar-refractivity contribution is 2.25. The normalized spacial score (nSPS) is 3.25. The Balaban J connectivity index is 2.83. The van der Waals surface area contributed by atoms with Gasteiger partial charge in [-0.15, -0.1) is 0 Å². The van der Waals surface area contributed by atoms with Crippen LogP contribution in [-0.4, -0.2) is 0 Å². The molecule has 0 saturated heterocycles. The Hall–Kier alpha value is -0.230. The maximum atomic E-state index is 8.77. The van der Waals surface area contributed by atoms with Gasteiger partial charge in [-0.2, -0.15) is 0 Å². The molecule has 0 radical (unpaired) electrons. The molecule has 0 unspecified atom stereocenters. The molecule has 0 spiro atoms. The van der Waals surface area contributed by atoms with Crippen molar-refractivity contribution in [2.45, 2.75) is 0 Å². The van der Waals surface area contributed by atoms with Gasteiger partial charge in [0.15, 0.2) is 0 Å². The lowest BCUT2D eigenvalue weighted by Crippen LogP contribution is -1.12. The molecule has 0 atom stereocenters. The summed E-state index contributed by atoms with van der Waals surface area (Å²) in [7, 11) is 0. The van der Waals surface area contributed by atoms with E-state index < -0.39 is 0 Å². The van der Waals surface area contributed by atoms with E-state index in [1.54, 1.807) is 0 Å². The van der Waals surface area contributed by atoms with Crippen LogP contribution in [0.4, 0.5) is 0 Å². The first-order valence-corrected chi connectivity index (χ1v) is 1.39. The number of rotatable bonds is 0. The van der Waals surface area contributed by atoms with Crippen LogP contribution in [0.3, 0.4) is 0 Å². The van der Waals surface area contributed by atoms with E-state index >= 15 is 0 Å². The van der Waals surface area contributed by atoms with Crippen LogP contribution in [0.5, 0.6) is 0 Å². The standard InChI is InChI=1S/CBrNO/c2-1-3-4. The second kappa shape index (κ2) is 2.77. The van der Waals surface area contributed by atoms with Crippen LogP contribution >= 0.6 is 15.9 Å².